The molecule has 1 aliphatic carbocycles. The van der Waals surface area contributed by atoms with Gasteiger partial charge in [0.1, 0.15) is 0 Å². The largest absolute Gasteiger partial charge is 0.352 e. The lowest BCUT2D eigenvalue weighted by molar-refractivity contribution is 0.249. The Balaban J connectivity index is 1.33. The number of anilines is 1. The topological polar surface area (TPSA) is 24.3 Å². The molecule has 0 radical (unpaired) electrons. The van der Waals surface area contributed by atoms with Gasteiger partial charge in [-0.2, -0.15) is 5.10 Å². The molecule has 0 saturated carbocycles. The van der Waals surface area contributed by atoms with E-state index in [0.717, 1.165) is 39.1 Å². The average molecular weight is 344 g/mol. The maximum atomic E-state index is 4.89. The highest BCUT2D eigenvalue weighted by molar-refractivity contribution is 5.79. The summed E-state index contributed by atoms with van der Waals surface area (Å²) < 4.78 is 2.08. The van der Waals surface area contributed by atoms with E-state index in [1.54, 1.807) is 0 Å². The number of nitrogens with zero attached hydrogens (tertiary/aromatic N) is 4. The number of rotatable bonds is 3. The Bertz CT molecular complexity index is 921. The Labute approximate surface area is 154 Å². The van der Waals surface area contributed by atoms with Crippen molar-refractivity contribution < 1.29 is 0 Å². The van der Waals surface area contributed by atoms with Crippen LogP contribution in [-0.4, -0.2) is 40.9 Å². The first-order valence-corrected chi connectivity index (χ1v) is 9.45. The zero-order valence-corrected chi connectivity index (χ0v) is 15.2. The Hall–Kier alpha value is -2.59. The van der Waals surface area contributed by atoms with Gasteiger partial charge in [-0.3, -0.25) is 9.58 Å². The highest BCUT2D eigenvalue weighted by Crippen LogP contribution is 2.41. The fraction of sp³-hybridized carbons (Fsp3) is 0.318. The van der Waals surface area contributed by atoms with Crippen molar-refractivity contribution in [2.24, 2.45) is 7.05 Å². The van der Waals surface area contributed by atoms with Crippen LogP contribution in [0, 0.1) is 0 Å². The van der Waals surface area contributed by atoms with Gasteiger partial charge in [0, 0.05) is 57.3 Å². The predicted octanol–water partition coefficient (Wildman–Crippen LogP) is 3.31. The van der Waals surface area contributed by atoms with Crippen LogP contribution in [0.4, 0.5) is 5.82 Å². The van der Waals surface area contributed by atoms with Gasteiger partial charge in [-0.15, -0.1) is 0 Å². The third-order valence-corrected chi connectivity index (χ3v) is 5.68. The summed E-state index contributed by atoms with van der Waals surface area (Å²) in [5.41, 5.74) is 6.90. The second kappa shape index (κ2) is 6.29. The minimum Gasteiger partial charge on any atom is -0.352 e. The quantitative estimate of drug-likeness (QED) is 0.570. The van der Waals surface area contributed by atoms with Crippen molar-refractivity contribution in [3.05, 3.63) is 71.3 Å². The molecule has 1 fully saturated rings. The molecule has 5 rings (SSSR count). The fourth-order valence-electron chi connectivity index (χ4n) is 4.36. The van der Waals surface area contributed by atoms with Gasteiger partial charge in [0.2, 0.25) is 0 Å². The Kier molecular flexibility index (Phi) is 3.79. The molecule has 132 valence electrons. The molecule has 0 spiro atoms. The summed E-state index contributed by atoms with van der Waals surface area (Å²) in [6.45, 7) is 5.32. The third-order valence-electron chi connectivity index (χ3n) is 5.68. The SMILES string of the molecule is Cn1nc(N2CCN(Cc3ccccc3)CC2)c2c1-c1ccccc1C2. The number of hydrogen-bond acceptors (Lipinski definition) is 3. The lowest BCUT2D eigenvalue weighted by Crippen LogP contribution is -2.46. The first-order valence-electron chi connectivity index (χ1n) is 9.45. The van der Waals surface area contributed by atoms with E-state index in [1.807, 2.05) is 0 Å². The van der Waals surface area contributed by atoms with Gasteiger partial charge < -0.3 is 4.90 Å². The summed E-state index contributed by atoms with van der Waals surface area (Å²) in [6.07, 6.45) is 1.01. The Morgan fingerprint density at radius 1 is 0.885 bits per heavy atom. The van der Waals surface area contributed by atoms with Crippen molar-refractivity contribution in [3.8, 4) is 11.3 Å². The third kappa shape index (κ3) is 2.61. The Morgan fingerprint density at radius 2 is 1.62 bits per heavy atom. The maximum absolute atomic E-state index is 4.89. The molecule has 1 aliphatic heterocycles. The molecule has 0 bridgehead atoms. The van der Waals surface area contributed by atoms with Crippen LogP contribution >= 0.6 is 0 Å². The van der Waals surface area contributed by atoms with E-state index in [4.69, 9.17) is 5.10 Å². The second-order valence-corrected chi connectivity index (χ2v) is 7.36. The molecule has 0 N–H and O–H groups in total. The van der Waals surface area contributed by atoms with E-state index in [2.05, 4.69) is 76.1 Å². The van der Waals surface area contributed by atoms with Crippen molar-refractivity contribution in [1.82, 2.24) is 14.7 Å². The fourth-order valence-corrected chi connectivity index (χ4v) is 4.36. The van der Waals surface area contributed by atoms with E-state index in [-0.39, 0.29) is 0 Å². The van der Waals surface area contributed by atoms with Crippen molar-refractivity contribution in [1.29, 1.82) is 0 Å². The maximum Gasteiger partial charge on any atom is 0.154 e. The van der Waals surface area contributed by atoms with Gasteiger partial charge in [0.05, 0.1) is 5.69 Å². The van der Waals surface area contributed by atoms with Crippen LogP contribution in [0.2, 0.25) is 0 Å². The summed E-state index contributed by atoms with van der Waals surface area (Å²) in [5, 5.41) is 4.89. The Morgan fingerprint density at radius 3 is 2.42 bits per heavy atom. The molecule has 0 atom stereocenters. The van der Waals surface area contributed by atoms with E-state index < -0.39 is 0 Å². The van der Waals surface area contributed by atoms with Crippen LogP contribution in [0.5, 0.6) is 0 Å². The van der Waals surface area contributed by atoms with E-state index in [0.29, 0.717) is 0 Å². The molecule has 0 unspecified atom stereocenters. The number of aromatic nitrogens is 2. The molecular formula is C22H24N4. The molecule has 1 aromatic heterocycles. The van der Waals surface area contributed by atoms with Crippen molar-refractivity contribution in [2.45, 2.75) is 13.0 Å². The van der Waals surface area contributed by atoms with E-state index >= 15 is 0 Å². The summed E-state index contributed by atoms with van der Waals surface area (Å²) in [5.74, 6) is 1.19. The summed E-state index contributed by atoms with van der Waals surface area (Å²) in [6, 6.07) is 19.5. The van der Waals surface area contributed by atoms with Gasteiger partial charge in [0.15, 0.2) is 5.82 Å². The molecule has 2 aliphatic rings. The zero-order chi connectivity index (χ0) is 17.5. The van der Waals surface area contributed by atoms with Crippen LogP contribution in [-0.2, 0) is 20.0 Å². The molecule has 0 amide bonds. The van der Waals surface area contributed by atoms with Crippen molar-refractivity contribution in [2.75, 3.05) is 31.1 Å². The summed E-state index contributed by atoms with van der Waals surface area (Å²) in [7, 11) is 2.08. The predicted molar refractivity (Wildman–Crippen MR) is 105 cm³/mol. The van der Waals surface area contributed by atoms with Gasteiger partial charge >= 0.3 is 0 Å². The van der Waals surface area contributed by atoms with Crippen LogP contribution in [0.3, 0.4) is 0 Å². The van der Waals surface area contributed by atoms with Crippen LogP contribution < -0.4 is 4.90 Å². The molecule has 4 heteroatoms. The normalized spacial score (nSPS) is 16.6. The first kappa shape index (κ1) is 15.6. The van der Waals surface area contributed by atoms with Crippen LogP contribution in [0.25, 0.3) is 11.3 Å². The lowest BCUT2D eigenvalue weighted by Gasteiger charge is -2.35. The van der Waals surface area contributed by atoms with Crippen LogP contribution in [0.1, 0.15) is 16.7 Å². The zero-order valence-electron chi connectivity index (χ0n) is 15.2. The first-order chi connectivity index (χ1) is 12.8. The second-order valence-electron chi connectivity index (χ2n) is 7.36. The summed E-state index contributed by atoms with van der Waals surface area (Å²) >= 11 is 0. The number of aryl methyl sites for hydroxylation is 1. The number of hydrogen-bond donors (Lipinski definition) is 0. The number of benzene rings is 2. The van der Waals surface area contributed by atoms with Gasteiger partial charge in [-0.1, -0.05) is 54.6 Å². The van der Waals surface area contributed by atoms with Gasteiger partial charge in [0.25, 0.3) is 0 Å². The van der Waals surface area contributed by atoms with Crippen molar-refractivity contribution >= 4 is 5.82 Å². The van der Waals surface area contributed by atoms with E-state index in [9.17, 15) is 0 Å². The van der Waals surface area contributed by atoms with Gasteiger partial charge in [-0.05, 0) is 11.1 Å². The molecular weight excluding hydrogens is 320 g/mol. The monoisotopic (exact) mass is 344 g/mol. The highest BCUT2D eigenvalue weighted by Gasteiger charge is 2.30. The molecule has 26 heavy (non-hydrogen) atoms. The molecule has 2 heterocycles. The highest BCUT2D eigenvalue weighted by atomic mass is 15.4. The average Bonchev–Trinajstić information content (AvgIpc) is 3.21. The van der Waals surface area contributed by atoms with Crippen LogP contribution in [0.15, 0.2) is 54.6 Å². The summed E-state index contributed by atoms with van der Waals surface area (Å²) in [4.78, 5) is 5.02. The number of fused-ring (bicyclic) bond motifs is 3. The number of piperazine rings is 1. The molecule has 1 saturated heterocycles. The lowest BCUT2D eigenvalue weighted by atomic mass is 10.1. The minimum atomic E-state index is 1.01. The van der Waals surface area contributed by atoms with E-state index in [1.165, 1.54) is 33.8 Å². The molecule has 3 aromatic rings. The van der Waals surface area contributed by atoms with Crippen molar-refractivity contribution in [3.63, 3.8) is 0 Å². The smallest absolute Gasteiger partial charge is 0.154 e. The molecule has 4 nitrogen and oxygen atoms in total. The minimum absolute atomic E-state index is 1.01. The standard InChI is InChI=1S/C22H24N4/c1-24-21-19-10-6-5-9-18(19)15-20(21)22(23-24)26-13-11-25(12-14-26)16-17-7-3-2-4-8-17/h2-10H,11-16H2,1H3. The molecule has 2 aromatic carbocycles. The van der Waals surface area contributed by atoms with Gasteiger partial charge in [-0.25, -0.2) is 0 Å².